The van der Waals surface area contributed by atoms with Crippen LogP contribution < -0.4 is 0 Å². The maximum Gasteiger partial charge on any atom is 0.262 e. The summed E-state index contributed by atoms with van der Waals surface area (Å²) in [5.74, 6) is 2.55. The predicted molar refractivity (Wildman–Crippen MR) is 84.3 cm³/mol. The van der Waals surface area contributed by atoms with Gasteiger partial charge in [0.2, 0.25) is 0 Å². The molecule has 0 aromatic rings. The molecule has 112 valence electrons. The summed E-state index contributed by atoms with van der Waals surface area (Å²) in [7, 11) is 0. The fraction of sp³-hybridized carbons (Fsp3) is 0.706. The number of nitrogens with zero attached hydrogens (tertiary/aromatic N) is 2. The van der Waals surface area contributed by atoms with Gasteiger partial charge in [-0.3, -0.25) is 9.69 Å². The van der Waals surface area contributed by atoms with Crippen LogP contribution in [0.4, 0.5) is 0 Å². The van der Waals surface area contributed by atoms with Crippen molar-refractivity contribution in [2.24, 2.45) is 5.41 Å². The monoisotopic (exact) mass is 276 g/mol. The molecule has 3 nitrogen and oxygen atoms in total. The molecule has 1 rings (SSSR count). The molecule has 0 spiro atoms. The van der Waals surface area contributed by atoms with Gasteiger partial charge in [-0.25, -0.2) is 0 Å². The number of hydrogen-bond donors (Lipinski definition) is 0. The van der Waals surface area contributed by atoms with Gasteiger partial charge in [-0.15, -0.1) is 6.42 Å². The van der Waals surface area contributed by atoms with E-state index >= 15 is 0 Å². The highest BCUT2D eigenvalue weighted by atomic mass is 16.2. The summed E-state index contributed by atoms with van der Waals surface area (Å²) < 4.78 is 0. The van der Waals surface area contributed by atoms with Gasteiger partial charge in [0.1, 0.15) is 0 Å². The highest BCUT2D eigenvalue weighted by molar-refractivity contribution is 5.97. The van der Waals surface area contributed by atoms with E-state index in [9.17, 15) is 4.79 Å². The third-order valence-corrected chi connectivity index (χ3v) is 3.48. The molecule has 0 bridgehead atoms. The van der Waals surface area contributed by atoms with Crippen molar-refractivity contribution in [1.29, 1.82) is 0 Å². The van der Waals surface area contributed by atoms with Gasteiger partial charge in [-0.1, -0.05) is 32.8 Å². The lowest BCUT2D eigenvalue weighted by atomic mass is 9.93. The standard InChI is InChI=1S/C17H28N2O/c1-8-14(13-16(2,3)4)15(20)18-9-11-19(12-10-18)17(5,6)7/h1,13H,9-12H2,2-7H3/b14-13+. The number of piperazine rings is 1. The fourth-order valence-corrected chi connectivity index (χ4v) is 2.35. The smallest absolute Gasteiger partial charge is 0.262 e. The lowest BCUT2D eigenvalue weighted by Gasteiger charge is -2.42. The second-order valence-electron chi connectivity index (χ2n) is 7.52. The molecule has 1 aliphatic rings. The highest BCUT2D eigenvalue weighted by Gasteiger charge is 2.28. The quantitative estimate of drug-likeness (QED) is 0.543. The number of amides is 1. The van der Waals surface area contributed by atoms with E-state index < -0.39 is 0 Å². The molecule has 1 saturated heterocycles. The molecule has 0 aliphatic carbocycles. The molecule has 20 heavy (non-hydrogen) atoms. The molecule has 1 amide bonds. The Bertz CT molecular complexity index is 421. The van der Waals surface area contributed by atoms with Crippen molar-refractivity contribution in [3.8, 4) is 12.3 Å². The van der Waals surface area contributed by atoms with E-state index in [1.54, 1.807) is 0 Å². The van der Waals surface area contributed by atoms with E-state index in [0.717, 1.165) is 26.2 Å². The molecular formula is C17H28N2O. The van der Waals surface area contributed by atoms with Crippen LogP contribution in [-0.2, 0) is 4.79 Å². The zero-order valence-electron chi connectivity index (χ0n) is 13.8. The van der Waals surface area contributed by atoms with Crippen LogP contribution >= 0.6 is 0 Å². The van der Waals surface area contributed by atoms with Crippen LogP contribution in [0, 0.1) is 17.8 Å². The zero-order chi connectivity index (χ0) is 15.6. The van der Waals surface area contributed by atoms with Crippen molar-refractivity contribution in [1.82, 2.24) is 9.80 Å². The second-order valence-corrected chi connectivity index (χ2v) is 7.52. The largest absolute Gasteiger partial charge is 0.336 e. The molecule has 0 N–H and O–H groups in total. The van der Waals surface area contributed by atoms with E-state index in [1.807, 2.05) is 11.0 Å². The number of hydrogen-bond acceptors (Lipinski definition) is 2. The van der Waals surface area contributed by atoms with Crippen LogP contribution in [0.1, 0.15) is 41.5 Å². The van der Waals surface area contributed by atoms with Gasteiger partial charge >= 0.3 is 0 Å². The minimum absolute atomic E-state index is 0.00372. The molecule has 0 saturated carbocycles. The minimum Gasteiger partial charge on any atom is -0.336 e. The number of carbonyl (C=O) groups is 1. The van der Waals surface area contributed by atoms with Crippen molar-refractivity contribution in [2.45, 2.75) is 47.1 Å². The Balaban J connectivity index is 2.72. The fourth-order valence-electron chi connectivity index (χ4n) is 2.35. The predicted octanol–water partition coefficient (Wildman–Crippen LogP) is 2.53. The first-order valence-corrected chi connectivity index (χ1v) is 7.28. The van der Waals surface area contributed by atoms with Crippen LogP contribution in [0.2, 0.25) is 0 Å². The highest BCUT2D eigenvalue weighted by Crippen LogP contribution is 2.20. The molecule has 3 heteroatoms. The van der Waals surface area contributed by atoms with Crippen molar-refractivity contribution in [2.75, 3.05) is 26.2 Å². The van der Waals surface area contributed by atoms with Gasteiger partial charge in [0, 0.05) is 31.7 Å². The van der Waals surface area contributed by atoms with Crippen molar-refractivity contribution in [3.63, 3.8) is 0 Å². The van der Waals surface area contributed by atoms with Crippen molar-refractivity contribution >= 4 is 5.91 Å². The van der Waals surface area contributed by atoms with Gasteiger partial charge < -0.3 is 4.90 Å². The Kier molecular flexibility index (Phi) is 5.05. The molecular weight excluding hydrogens is 248 g/mol. The topological polar surface area (TPSA) is 23.6 Å². The maximum atomic E-state index is 12.5. The average Bonchev–Trinajstić information content (AvgIpc) is 2.33. The molecule has 0 atom stereocenters. The Morgan fingerprint density at radius 1 is 1.05 bits per heavy atom. The zero-order valence-corrected chi connectivity index (χ0v) is 13.8. The molecule has 1 heterocycles. The van der Waals surface area contributed by atoms with Crippen molar-refractivity contribution in [3.05, 3.63) is 11.6 Å². The molecule has 1 fully saturated rings. The van der Waals surface area contributed by atoms with E-state index in [-0.39, 0.29) is 16.9 Å². The lowest BCUT2D eigenvalue weighted by Crippen LogP contribution is -2.54. The SMILES string of the molecule is C#C/C(=C\C(C)(C)C)C(=O)N1CCN(C(C)(C)C)CC1. The first-order chi connectivity index (χ1) is 9.04. The van der Waals surface area contributed by atoms with E-state index in [1.165, 1.54) is 0 Å². The Morgan fingerprint density at radius 3 is 1.90 bits per heavy atom. The lowest BCUT2D eigenvalue weighted by molar-refractivity contribution is -0.129. The van der Waals surface area contributed by atoms with Crippen LogP contribution in [0.25, 0.3) is 0 Å². The Labute approximate surface area is 124 Å². The van der Waals surface area contributed by atoms with E-state index in [2.05, 4.69) is 52.4 Å². The summed E-state index contributed by atoms with van der Waals surface area (Å²) >= 11 is 0. The normalized spacial score (nSPS) is 18.9. The van der Waals surface area contributed by atoms with Crippen LogP contribution in [0.3, 0.4) is 0 Å². The second kappa shape index (κ2) is 6.01. The molecule has 0 aromatic heterocycles. The van der Waals surface area contributed by atoms with Gasteiger partial charge in [0.25, 0.3) is 5.91 Å². The first kappa shape index (κ1) is 16.8. The van der Waals surface area contributed by atoms with Gasteiger partial charge in [0.05, 0.1) is 5.57 Å². The number of allylic oxidation sites excluding steroid dienone is 1. The summed E-state index contributed by atoms with van der Waals surface area (Å²) in [5.41, 5.74) is 0.567. The Morgan fingerprint density at radius 2 is 1.55 bits per heavy atom. The number of carbonyl (C=O) groups excluding carboxylic acids is 1. The summed E-state index contributed by atoms with van der Waals surface area (Å²) in [6, 6.07) is 0. The summed E-state index contributed by atoms with van der Waals surface area (Å²) in [5, 5.41) is 0. The van der Waals surface area contributed by atoms with Gasteiger partial charge in [0.15, 0.2) is 0 Å². The third kappa shape index (κ3) is 4.68. The molecule has 0 aromatic carbocycles. The van der Waals surface area contributed by atoms with Crippen LogP contribution in [0.5, 0.6) is 0 Å². The molecule has 1 aliphatic heterocycles. The maximum absolute atomic E-state index is 12.5. The van der Waals surface area contributed by atoms with Gasteiger partial charge in [-0.2, -0.15) is 0 Å². The Hall–Kier alpha value is -1.27. The van der Waals surface area contributed by atoms with Gasteiger partial charge in [-0.05, 0) is 26.2 Å². The van der Waals surface area contributed by atoms with E-state index in [0.29, 0.717) is 5.57 Å². The molecule has 0 radical (unpaired) electrons. The first-order valence-electron chi connectivity index (χ1n) is 7.28. The average molecular weight is 276 g/mol. The summed E-state index contributed by atoms with van der Waals surface area (Å²) in [6.07, 6.45) is 7.40. The van der Waals surface area contributed by atoms with Crippen LogP contribution in [-0.4, -0.2) is 47.4 Å². The van der Waals surface area contributed by atoms with Crippen molar-refractivity contribution < 1.29 is 4.79 Å². The summed E-state index contributed by atoms with van der Waals surface area (Å²) in [6.45, 7) is 16.1. The van der Waals surface area contributed by atoms with Crippen LogP contribution in [0.15, 0.2) is 11.6 Å². The molecule has 0 unspecified atom stereocenters. The minimum atomic E-state index is -0.0788. The van der Waals surface area contributed by atoms with E-state index in [4.69, 9.17) is 6.42 Å². The number of terminal acetylenes is 1. The number of rotatable bonds is 1. The summed E-state index contributed by atoms with van der Waals surface area (Å²) in [4.78, 5) is 16.7. The third-order valence-electron chi connectivity index (χ3n) is 3.48.